The van der Waals surface area contributed by atoms with Gasteiger partial charge in [-0.25, -0.2) is 9.59 Å². The van der Waals surface area contributed by atoms with Gasteiger partial charge in [-0.05, 0) is 0 Å². The molecule has 0 aliphatic rings. The van der Waals surface area contributed by atoms with Crippen LogP contribution in [0.5, 0.6) is 0 Å². The fourth-order valence-electron chi connectivity index (χ4n) is 0.608. The van der Waals surface area contributed by atoms with Crippen LogP contribution < -0.4 is 5.32 Å². The first kappa shape index (κ1) is 12.5. The minimum Gasteiger partial charge on any atom is -0.481 e. The monoisotopic (exact) mass is 225 g/mol. The second kappa shape index (κ2) is 6.03. The molecule has 0 aliphatic heterocycles. The fourth-order valence-corrected chi connectivity index (χ4v) is 0.707. The molecule has 80 valence electrons. The number of amides is 1. The summed E-state index contributed by atoms with van der Waals surface area (Å²) in [5.74, 6) is -2.80. The van der Waals surface area contributed by atoms with Gasteiger partial charge in [0.2, 0.25) is 0 Å². The van der Waals surface area contributed by atoms with E-state index in [0.717, 1.165) is 0 Å². The van der Waals surface area contributed by atoms with Crippen molar-refractivity contribution in [1.82, 2.24) is 5.32 Å². The molecule has 0 fully saturated rings. The lowest BCUT2D eigenvalue weighted by molar-refractivity contribution is -0.145. The van der Waals surface area contributed by atoms with Gasteiger partial charge in [0.15, 0.2) is 6.07 Å². The van der Waals surface area contributed by atoms with E-state index in [1.165, 1.54) is 0 Å². The first-order chi connectivity index (χ1) is 6.47. The lowest BCUT2D eigenvalue weighted by Crippen LogP contribution is -2.42. The number of rotatable bonds is 5. The average Bonchev–Trinajstić information content (AvgIpc) is 2.02. The largest absolute Gasteiger partial charge is 0.481 e. The SMILES string of the molecule is O=C(O)C[C@H](NC(=O)OCCl)C(=O)O. The standard InChI is InChI=1S/C6H8ClNO6/c7-2-14-6(13)8-3(5(11)12)1-4(9)10/h3H,1-2H2,(H,8,13)(H,9,10)(H,11,12)/t3-/m0/s1. The molecule has 0 spiro atoms. The quantitative estimate of drug-likeness (QED) is 0.560. The van der Waals surface area contributed by atoms with Gasteiger partial charge in [-0.2, -0.15) is 0 Å². The Balaban J connectivity index is 4.16. The summed E-state index contributed by atoms with van der Waals surface area (Å²) in [4.78, 5) is 31.2. The Morgan fingerprint density at radius 2 is 1.93 bits per heavy atom. The van der Waals surface area contributed by atoms with Crippen molar-refractivity contribution >= 4 is 29.6 Å². The number of carboxylic acid groups (broad SMARTS) is 2. The number of hydrogen-bond acceptors (Lipinski definition) is 4. The first-order valence-electron chi connectivity index (χ1n) is 3.41. The highest BCUT2D eigenvalue weighted by Crippen LogP contribution is 1.94. The number of hydrogen-bond donors (Lipinski definition) is 3. The maximum atomic E-state index is 10.7. The Bertz CT molecular complexity index is 242. The first-order valence-corrected chi connectivity index (χ1v) is 3.94. The van der Waals surface area contributed by atoms with E-state index in [1.54, 1.807) is 0 Å². The molecular formula is C6H8ClNO6. The van der Waals surface area contributed by atoms with Gasteiger partial charge >= 0.3 is 18.0 Å². The molecule has 8 heteroatoms. The molecule has 0 aromatic carbocycles. The molecule has 0 aromatic rings. The van der Waals surface area contributed by atoms with Crippen molar-refractivity contribution in [1.29, 1.82) is 0 Å². The summed E-state index contributed by atoms with van der Waals surface area (Å²) < 4.78 is 4.16. The van der Waals surface area contributed by atoms with Gasteiger partial charge in [0, 0.05) is 0 Å². The lowest BCUT2D eigenvalue weighted by atomic mass is 10.2. The molecule has 0 saturated heterocycles. The van der Waals surface area contributed by atoms with E-state index in [2.05, 4.69) is 4.74 Å². The van der Waals surface area contributed by atoms with Crippen molar-refractivity contribution in [3.63, 3.8) is 0 Å². The number of carbonyl (C=O) groups is 3. The maximum Gasteiger partial charge on any atom is 0.409 e. The number of ether oxygens (including phenoxy) is 1. The van der Waals surface area contributed by atoms with Gasteiger partial charge in [-0.3, -0.25) is 4.79 Å². The molecular weight excluding hydrogens is 218 g/mol. The summed E-state index contributed by atoms with van der Waals surface area (Å²) in [5, 5.41) is 18.6. The van der Waals surface area contributed by atoms with Gasteiger partial charge in [-0.15, -0.1) is 0 Å². The molecule has 1 amide bonds. The zero-order chi connectivity index (χ0) is 11.1. The summed E-state index contributed by atoms with van der Waals surface area (Å²) in [6.07, 6.45) is -1.80. The van der Waals surface area contributed by atoms with Gasteiger partial charge in [0.25, 0.3) is 0 Å². The Kier molecular flexibility index (Phi) is 5.38. The number of halogens is 1. The van der Waals surface area contributed by atoms with E-state index in [4.69, 9.17) is 21.8 Å². The molecule has 0 radical (unpaired) electrons. The Morgan fingerprint density at radius 3 is 2.29 bits per heavy atom. The molecule has 0 aliphatic carbocycles. The van der Waals surface area contributed by atoms with Crippen LogP contribution in [0, 0.1) is 0 Å². The summed E-state index contributed by atoms with van der Waals surface area (Å²) in [7, 11) is 0. The highest BCUT2D eigenvalue weighted by molar-refractivity contribution is 6.17. The Labute approximate surface area is 83.6 Å². The minimum atomic E-state index is -1.52. The second-order valence-electron chi connectivity index (χ2n) is 2.17. The van der Waals surface area contributed by atoms with E-state index in [1.807, 2.05) is 5.32 Å². The van der Waals surface area contributed by atoms with Gasteiger partial charge in [0.05, 0.1) is 6.42 Å². The molecule has 7 nitrogen and oxygen atoms in total. The fraction of sp³-hybridized carbons (Fsp3) is 0.500. The van der Waals surface area contributed by atoms with Crippen LogP contribution in [0.15, 0.2) is 0 Å². The number of alkyl carbamates (subject to hydrolysis) is 1. The molecule has 14 heavy (non-hydrogen) atoms. The number of carbonyl (C=O) groups excluding carboxylic acids is 1. The average molecular weight is 226 g/mol. The van der Waals surface area contributed by atoms with Crippen LogP contribution in [0.3, 0.4) is 0 Å². The van der Waals surface area contributed by atoms with Crippen LogP contribution in [-0.4, -0.2) is 40.4 Å². The van der Waals surface area contributed by atoms with Crippen molar-refractivity contribution < 1.29 is 29.3 Å². The summed E-state index contributed by atoms with van der Waals surface area (Å²) in [5.41, 5.74) is 0. The zero-order valence-electron chi connectivity index (χ0n) is 6.90. The smallest absolute Gasteiger partial charge is 0.409 e. The van der Waals surface area contributed by atoms with Crippen molar-refractivity contribution in [3.8, 4) is 0 Å². The Morgan fingerprint density at radius 1 is 1.36 bits per heavy atom. The molecule has 3 N–H and O–H groups in total. The highest BCUT2D eigenvalue weighted by atomic mass is 35.5. The zero-order valence-corrected chi connectivity index (χ0v) is 7.65. The predicted molar refractivity (Wildman–Crippen MR) is 44.0 cm³/mol. The molecule has 0 heterocycles. The van der Waals surface area contributed by atoms with Crippen LogP contribution in [-0.2, 0) is 14.3 Å². The molecule has 0 unspecified atom stereocenters. The van der Waals surface area contributed by atoms with Crippen molar-refractivity contribution in [3.05, 3.63) is 0 Å². The normalized spacial score (nSPS) is 11.5. The number of aliphatic carboxylic acids is 2. The van der Waals surface area contributed by atoms with Crippen molar-refractivity contribution in [2.45, 2.75) is 12.5 Å². The van der Waals surface area contributed by atoms with Crippen LogP contribution in [0.25, 0.3) is 0 Å². The van der Waals surface area contributed by atoms with E-state index in [0.29, 0.717) is 0 Å². The number of alkyl halides is 1. The molecule has 1 atom stereocenters. The molecule has 0 bridgehead atoms. The third kappa shape index (κ3) is 5.20. The van der Waals surface area contributed by atoms with Crippen molar-refractivity contribution in [2.24, 2.45) is 0 Å². The topological polar surface area (TPSA) is 113 Å². The van der Waals surface area contributed by atoms with Crippen LogP contribution in [0.2, 0.25) is 0 Å². The van der Waals surface area contributed by atoms with E-state index >= 15 is 0 Å². The minimum absolute atomic E-state index is 0.439. The third-order valence-corrected chi connectivity index (χ3v) is 1.26. The van der Waals surface area contributed by atoms with Gasteiger partial charge in [0.1, 0.15) is 6.04 Å². The van der Waals surface area contributed by atoms with Gasteiger partial charge in [-0.1, -0.05) is 11.6 Å². The van der Waals surface area contributed by atoms with Crippen LogP contribution >= 0.6 is 11.6 Å². The van der Waals surface area contributed by atoms with E-state index in [-0.39, 0.29) is 0 Å². The number of carboxylic acids is 2. The highest BCUT2D eigenvalue weighted by Gasteiger charge is 2.23. The third-order valence-electron chi connectivity index (χ3n) is 1.15. The van der Waals surface area contributed by atoms with E-state index < -0.39 is 36.6 Å². The molecule has 0 aromatic heterocycles. The Hall–Kier alpha value is -1.50. The lowest BCUT2D eigenvalue weighted by Gasteiger charge is -2.10. The van der Waals surface area contributed by atoms with E-state index in [9.17, 15) is 14.4 Å². The summed E-state index contributed by atoms with van der Waals surface area (Å²) in [6.45, 7) is 0. The summed E-state index contributed by atoms with van der Waals surface area (Å²) >= 11 is 5.02. The second-order valence-corrected chi connectivity index (χ2v) is 2.39. The van der Waals surface area contributed by atoms with Crippen LogP contribution in [0.4, 0.5) is 4.79 Å². The molecule has 0 saturated carbocycles. The summed E-state index contributed by atoms with van der Waals surface area (Å²) in [6, 6.07) is -1.96. The predicted octanol–water partition coefficient (Wildman–Crippen LogP) is -0.163. The van der Waals surface area contributed by atoms with Crippen LogP contribution in [0.1, 0.15) is 6.42 Å². The van der Waals surface area contributed by atoms with Crippen molar-refractivity contribution in [2.75, 3.05) is 6.07 Å². The van der Waals surface area contributed by atoms with Gasteiger partial charge < -0.3 is 20.3 Å². The molecule has 0 rings (SSSR count). The number of nitrogens with one attached hydrogen (secondary N) is 1. The maximum absolute atomic E-state index is 10.7.